The lowest BCUT2D eigenvalue weighted by Crippen LogP contribution is -2.36. The number of benzene rings is 2. The molecule has 0 aliphatic heterocycles. The second kappa shape index (κ2) is 12.6. The fraction of sp³-hybridized carbons (Fsp3) is 0.400. The summed E-state index contributed by atoms with van der Waals surface area (Å²) in [4.78, 5) is 35.8. The van der Waals surface area contributed by atoms with Crippen LogP contribution >= 0.6 is 0 Å². The standard InChI is InChI=1S/C24H29NO6.CH4O/c1-15-6-11-19(16(2)12-15)22(28)30-14-17-7-9-18(10-8-17)20(21(26)27)13-25-23(29)31-24(3,4)5;1-2/h6-12,20H,13-14H2,1-5H3,(H,25,29)(H,26,27);2H,1H3. The second-order valence-corrected chi connectivity index (χ2v) is 8.41. The van der Waals surface area contributed by atoms with Gasteiger partial charge in [-0.3, -0.25) is 4.79 Å². The number of aliphatic carboxylic acids is 1. The number of rotatable bonds is 7. The Morgan fingerprint density at radius 3 is 2.12 bits per heavy atom. The smallest absolute Gasteiger partial charge is 0.407 e. The summed E-state index contributed by atoms with van der Waals surface area (Å²) in [5.74, 6) is -2.41. The number of alkyl carbamates (subject to hydrolysis) is 1. The van der Waals surface area contributed by atoms with Crippen molar-refractivity contribution in [1.82, 2.24) is 5.32 Å². The minimum atomic E-state index is -1.06. The normalized spacial score (nSPS) is 11.5. The van der Waals surface area contributed by atoms with Crippen LogP contribution in [0.25, 0.3) is 0 Å². The SMILES string of the molecule is CO.Cc1ccc(C(=O)OCc2ccc(C(CNC(=O)OC(C)(C)C)C(=O)O)cc2)c(C)c1. The van der Waals surface area contributed by atoms with Gasteiger partial charge in [-0.25, -0.2) is 9.59 Å². The summed E-state index contributed by atoms with van der Waals surface area (Å²) in [7, 11) is 1.00. The van der Waals surface area contributed by atoms with E-state index < -0.39 is 29.6 Å². The Kier molecular flexibility index (Phi) is 10.6. The van der Waals surface area contributed by atoms with E-state index in [1.54, 1.807) is 51.1 Å². The van der Waals surface area contributed by atoms with Crippen LogP contribution in [-0.2, 0) is 20.9 Å². The number of aliphatic hydroxyl groups is 1. The number of ether oxygens (including phenoxy) is 2. The molecule has 0 fully saturated rings. The van der Waals surface area contributed by atoms with E-state index in [2.05, 4.69) is 5.32 Å². The summed E-state index contributed by atoms with van der Waals surface area (Å²) in [6.45, 7) is 8.96. The number of nitrogens with one attached hydrogen (secondary N) is 1. The Morgan fingerprint density at radius 1 is 1.00 bits per heavy atom. The van der Waals surface area contributed by atoms with Gasteiger partial charge in [0.05, 0.1) is 11.5 Å². The van der Waals surface area contributed by atoms with Crippen LogP contribution in [0, 0.1) is 13.8 Å². The van der Waals surface area contributed by atoms with E-state index in [0.717, 1.165) is 23.8 Å². The van der Waals surface area contributed by atoms with E-state index in [9.17, 15) is 19.5 Å². The third-order valence-corrected chi connectivity index (χ3v) is 4.50. The number of aliphatic hydroxyl groups excluding tert-OH is 1. The summed E-state index contributed by atoms with van der Waals surface area (Å²) in [6.07, 6.45) is -0.673. The Bertz CT molecular complexity index is 946. The molecule has 1 amide bonds. The summed E-state index contributed by atoms with van der Waals surface area (Å²) < 4.78 is 10.5. The first kappa shape index (κ1) is 27.6. The average molecular weight is 460 g/mol. The number of carboxylic acid groups (broad SMARTS) is 1. The zero-order valence-corrected chi connectivity index (χ0v) is 20.0. The molecular formula is C25H33NO7. The molecule has 2 rings (SSSR count). The Hall–Kier alpha value is -3.39. The number of carbonyl (C=O) groups is 3. The molecule has 3 N–H and O–H groups in total. The third kappa shape index (κ3) is 9.33. The van der Waals surface area contributed by atoms with Gasteiger partial charge in [0.2, 0.25) is 0 Å². The molecule has 8 nitrogen and oxygen atoms in total. The van der Waals surface area contributed by atoms with Crippen LogP contribution in [0.3, 0.4) is 0 Å². The quantitative estimate of drug-likeness (QED) is 0.536. The third-order valence-electron chi connectivity index (χ3n) is 4.50. The molecule has 2 aromatic rings. The van der Waals surface area contributed by atoms with Crippen LogP contribution < -0.4 is 5.32 Å². The van der Waals surface area contributed by atoms with E-state index in [1.165, 1.54) is 0 Å². The Balaban J connectivity index is 0.00000265. The molecule has 0 heterocycles. The van der Waals surface area contributed by atoms with Gasteiger partial charge in [0.1, 0.15) is 12.2 Å². The van der Waals surface area contributed by atoms with Crippen molar-refractivity contribution < 1.29 is 34.1 Å². The topological polar surface area (TPSA) is 122 Å². The van der Waals surface area contributed by atoms with Crippen molar-refractivity contribution in [1.29, 1.82) is 0 Å². The first-order valence-corrected chi connectivity index (χ1v) is 10.4. The molecule has 8 heteroatoms. The van der Waals surface area contributed by atoms with Gasteiger partial charge in [-0.15, -0.1) is 0 Å². The molecule has 1 atom stereocenters. The minimum Gasteiger partial charge on any atom is -0.481 e. The van der Waals surface area contributed by atoms with Crippen LogP contribution in [-0.4, -0.2) is 47.5 Å². The van der Waals surface area contributed by atoms with E-state index in [4.69, 9.17) is 14.6 Å². The fourth-order valence-corrected chi connectivity index (χ4v) is 2.96. The van der Waals surface area contributed by atoms with E-state index >= 15 is 0 Å². The van der Waals surface area contributed by atoms with Crippen molar-refractivity contribution in [2.24, 2.45) is 0 Å². The first-order chi connectivity index (χ1) is 15.5. The maximum atomic E-state index is 12.3. The van der Waals surface area contributed by atoms with Crippen molar-refractivity contribution in [3.05, 3.63) is 70.3 Å². The van der Waals surface area contributed by atoms with Crippen molar-refractivity contribution >= 4 is 18.0 Å². The summed E-state index contributed by atoms with van der Waals surface area (Å²) in [6, 6.07) is 12.2. The van der Waals surface area contributed by atoms with Crippen LogP contribution in [0.15, 0.2) is 42.5 Å². The number of aryl methyl sites for hydroxylation is 2. The zero-order valence-electron chi connectivity index (χ0n) is 20.0. The zero-order chi connectivity index (χ0) is 25.2. The minimum absolute atomic E-state index is 0.0698. The molecule has 0 bridgehead atoms. The lowest BCUT2D eigenvalue weighted by atomic mass is 9.98. The van der Waals surface area contributed by atoms with Gasteiger partial charge in [-0.2, -0.15) is 0 Å². The fourth-order valence-electron chi connectivity index (χ4n) is 2.96. The van der Waals surface area contributed by atoms with E-state index in [-0.39, 0.29) is 13.2 Å². The summed E-state index contributed by atoms with van der Waals surface area (Å²) >= 11 is 0. The molecule has 33 heavy (non-hydrogen) atoms. The highest BCUT2D eigenvalue weighted by atomic mass is 16.6. The van der Waals surface area contributed by atoms with Crippen molar-refractivity contribution in [3.8, 4) is 0 Å². The average Bonchev–Trinajstić information content (AvgIpc) is 2.73. The van der Waals surface area contributed by atoms with Crippen molar-refractivity contribution in [2.45, 2.75) is 52.7 Å². The molecule has 0 aliphatic carbocycles. The summed E-state index contributed by atoms with van der Waals surface area (Å²) in [5, 5.41) is 19.0. The van der Waals surface area contributed by atoms with Gasteiger partial charge in [0, 0.05) is 13.7 Å². The maximum Gasteiger partial charge on any atom is 0.407 e. The first-order valence-electron chi connectivity index (χ1n) is 10.4. The number of amides is 1. The predicted molar refractivity (Wildman–Crippen MR) is 124 cm³/mol. The van der Waals surface area contributed by atoms with Gasteiger partial charge in [-0.1, -0.05) is 42.0 Å². The molecule has 0 aromatic heterocycles. The molecule has 0 spiro atoms. The van der Waals surface area contributed by atoms with Crippen LogP contribution in [0.1, 0.15) is 59.3 Å². The Labute approximate surface area is 194 Å². The van der Waals surface area contributed by atoms with Gasteiger partial charge in [0.15, 0.2) is 0 Å². The van der Waals surface area contributed by atoms with Gasteiger partial charge in [-0.05, 0) is 57.4 Å². The van der Waals surface area contributed by atoms with Gasteiger partial charge in [0.25, 0.3) is 0 Å². The number of esters is 1. The highest BCUT2D eigenvalue weighted by molar-refractivity contribution is 5.91. The molecule has 0 saturated heterocycles. The maximum absolute atomic E-state index is 12.3. The summed E-state index contributed by atoms with van der Waals surface area (Å²) in [5.41, 5.74) is 3.01. The number of carbonyl (C=O) groups excluding carboxylic acids is 2. The van der Waals surface area contributed by atoms with E-state index in [0.29, 0.717) is 11.1 Å². The molecule has 180 valence electrons. The number of carboxylic acids is 1. The lowest BCUT2D eigenvalue weighted by molar-refractivity contribution is -0.138. The largest absolute Gasteiger partial charge is 0.481 e. The molecule has 1 unspecified atom stereocenters. The molecule has 0 radical (unpaired) electrons. The van der Waals surface area contributed by atoms with Gasteiger partial charge >= 0.3 is 18.0 Å². The van der Waals surface area contributed by atoms with Crippen LogP contribution in [0.4, 0.5) is 4.79 Å². The lowest BCUT2D eigenvalue weighted by Gasteiger charge is -2.21. The number of hydrogen-bond donors (Lipinski definition) is 3. The predicted octanol–water partition coefficient (Wildman–Crippen LogP) is 3.96. The highest BCUT2D eigenvalue weighted by Gasteiger charge is 2.23. The van der Waals surface area contributed by atoms with Crippen LogP contribution in [0.5, 0.6) is 0 Å². The second-order valence-electron chi connectivity index (χ2n) is 8.41. The number of hydrogen-bond acceptors (Lipinski definition) is 6. The molecular weight excluding hydrogens is 426 g/mol. The highest BCUT2D eigenvalue weighted by Crippen LogP contribution is 2.18. The van der Waals surface area contributed by atoms with Gasteiger partial charge < -0.3 is 25.0 Å². The van der Waals surface area contributed by atoms with E-state index in [1.807, 2.05) is 26.0 Å². The van der Waals surface area contributed by atoms with Crippen molar-refractivity contribution in [2.75, 3.05) is 13.7 Å². The molecule has 0 saturated carbocycles. The monoisotopic (exact) mass is 459 g/mol. The Morgan fingerprint density at radius 2 is 1.61 bits per heavy atom. The molecule has 2 aromatic carbocycles. The van der Waals surface area contributed by atoms with Crippen LogP contribution in [0.2, 0.25) is 0 Å². The molecule has 0 aliphatic rings. The van der Waals surface area contributed by atoms with Crippen molar-refractivity contribution in [3.63, 3.8) is 0 Å².